The third-order valence-corrected chi connectivity index (χ3v) is 5.21. The number of hydrogen-bond acceptors (Lipinski definition) is 5. The van der Waals surface area contributed by atoms with Crippen molar-refractivity contribution in [2.24, 2.45) is 5.73 Å². The van der Waals surface area contributed by atoms with Crippen LogP contribution in [0.5, 0.6) is 11.5 Å². The third-order valence-electron chi connectivity index (χ3n) is 5.21. The van der Waals surface area contributed by atoms with Gasteiger partial charge in [-0.15, -0.1) is 0 Å². The first kappa shape index (κ1) is 19.0. The average molecular weight is 387 g/mol. The molecule has 0 radical (unpaired) electrons. The molecule has 1 aliphatic heterocycles. The number of nitrogen functional groups attached to an aromatic ring is 2. The van der Waals surface area contributed by atoms with E-state index in [0.717, 1.165) is 42.0 Å². The first-order chi connectivity index (χ1) is 14.1. The largest absolute Gasteiger partial charge is 0.457 e. The fourth-order valence-corrected chi connectivity index (χ4v) is 3.72. The molecule has 6 nitrogen and oxygen atoms in total. The highest BCUT2D eigenvalue weighted by molar-refractivity contribution is 6.05. The van der Waals surface area contributed by atoms with Gasteiger partial charge in [0.2, 0.25) is 0 Å². The smallest absolute Gasteiger partial charge is 0.127 e. The molecule has 148 valence electrons. The second-order valence-corrected chi connectivity index (χ2v) is 7.27. The van der Waals surface area contributed by atoms with Crippen LogP contribution in [0.1, 0.15) is 24.0 Å². The summed E-state index contributed by atoms with van der Waals surface area (Å²) >= 11 is 0. The number of ether oxygens (including phenoxy) is 1. The minimum atomic E-state index is -0.0733. The van der Waals surface area contributed by atoms with Crippen molar-refractivity contribution >= 4 is 11.5 Å². The molecule has 6 N–H and O–H groups in total. The molecule has 1 saturated heterocycles. The average Bonchev–Trinajstić information content (AvgIpc) is 3.24. The highest BCUT2D eigenvalue weighted by Gasteiger charge is 2.20. The van der Waals surface area contributed by atoms with Gasteiger partial charge in [0.05, 0.1) is 11.3 Å². The fraction of sp³-hybridized carbons (Fsp3) is 0.217. The Morgan fingerprint density at radius 2 is 1.83 bits per heavy atom. The van der Waals surface area contributed by atoms with E-state index in [2.05, 4.69) is 10.3 Å². The van der Waals surface area contributed by atoms with E-state index in [0.29, 0.717) is 23.0 Å². The highest BCUT2D eigenvalue weighted by Crippen LogP contribution is 2.31. The molecule has 0 spiro atoms. The maximum atomic E-state index is 8.06. The van der Waals surface area contributed by atoms with Crippen LogP contribution < -0.4 is 21.5 Å². The number of aromatic nitrogens is 1. The van der Waals surface area contributed by atoms with Gasteiger partial charge in [-0.2, -0.15) is 0 Å². The van der Waals surface area contributed by atoms with Crippen molar-refractivity contribution in [3.05, 3.63) is 71.9 Å². The van der Waals surface area contributed by atoms with Gasteiger partial charge in [0.15, 0.2) is 0 Å². The van der Waals surface area contributed by atoms with E-state index < -0.39 is 0 Å². The van der Waals surface area contributed by atoms with Crippen molar-refractivity contribution < 1.29 is 4.74 Å². The number of nitrogens with two attached hydrogens (primary N) is 2. The van der Waals surface area contributed by atoms with Gasteiger partial charge in [0.1, 0.15) is 17.3 Å². The second-order valence-electron chi connectivity index (χ2n) is 7.27. The zero-order chi connectivity index (χ0) is 20.2. The molecule has 0 saturated carbocycles. The Labute approximate surface area is 170 Å². The SMILES string of the molecule is N=C(N)c1c(-c2ccc(Oc3ccccc3)cc2)ncc(CC2CCCN2)c1N. The van der Waals surface area contributed by atoms with E-state index in [9.17, 15) is 0 Å². The molecule has 3 aromatic rings. The van der Waals surface area contributed by atoms with Crippen LogP contribution in [0.3, 0.4) is 0 Å². The maximum absolute atomic E-state index is 8.06. The molecule has 1 fully saturated rings. The van der Waals surface area contributed by atoms with Crippen LogP contribution in [0.4, 0.5) is 5.69 Å². The molecular weight excluding hydrogens is 362 g/mol. The normalized spacial score (nSPS) is 15.9. The van der Waals surface area contributed by atoms with Crippen LogP contribution in [0.25, 0.3) is 11.3 Å². The van der Waals surface area contributed by atoms with Gasteiger partial charge in [-0.3, -0.25) is 10.4 Å². The van der Waals surface area contributed by atoms with E-state index in [-0.39, 0.29) is 5.84 Å². The first-order valence-electron chi connectivity index (χ1n) is 9.80. The van der Waals surface area contributed by atoms with Crippen LogP contribution in [0.2, 0.25) is 0 Å². The van der Waals surface area contributed by atoms with Crippen molar-refractivity contribution in [3.8, 4) is 22.8 Å². The standard InChI is InChI=1S/C23H25N5O/c24-21-16(13-17-5-4-12-27-17)14-28-22(20(21)23(25)26)15-8-10-19(11-9-15)29-18-6-2-1-3-7-18/h1-3,6-11,14,17,27H,4-5,12-13H2,(H2,24,28)(H3,25,26). The van der Waals surface area contributed by atoms with Gasteiger partial charge in [-0.1, -0.05) is 18.2 Å². The summed E-state index contributed by atoms with van der Waals surface area (Å²) in [6.45, 7) is 1.03. The molecule has 2 heterocycles. The Hall–Kier alpha value is -3.38. The Kier molecular flexibility index (Phi) is 5.44. The van der Waals surface area contributed by atoms with Gasteiger partial charge in [0, 0.05) is 23.5 Å². The number of anilines is 1. The number of para-hydroxylation sites is 1. The Morgan fingerprint density at radius 1 is 1.10 bits per heavy atom. The van der Waals surface area contributed by atoms with Gasteiger partial charge in [0.25, 0.3) is 0 Å². The highest BCUT2D eigenvalue weighted by atomic mass is 16.5. The molecule has 6 heteroatoms. The van der Waals surface area contributed by atoms with E-state index in [1.807, 2.05) is 60.8 Å². The minimum Gasteiger partial charge on any atom is -0.457 e. The van der Waals surface area contributed by atoms with E-state index in [4.69, 9.17) is 21.6 Å². The fourth-order valence-electron chi connectivity index (χ4n) is 3.72. The second kappa shape index (κ2) is 8.32. The zero-order valence-corrected chi connectivity index (χ0v) is 16.2. The van der Waals surface area contributed by atoms with Gasteiger partial charge in [-0.25, -0.2) is 0 Å². The minimum absolute atomic E-state index is 0.0733. The van der Waals surface area contributed by atoms with Crippen molar-refractivity contribution in [1.29, 1.82) is 5.41 Å². The number of amidine groups is 1. The van der Waals surface area contributed by atoms with Crippen molar-refractivity contribution in [2.45, 2.75) is 25.3 Å². The summed E-state index contributed by atoms with van der Waals surface area (Å²) in [6, 6.07) is 17.6. The third kappa shape index (κ3) is 4.22. The molecule has 1 atom stereocenters. The quantitative estimate of drug-likeness (QED) is 0.381. The van der Waals surface area contributed by atoms with Gasteiger partial charge in [-0.05, 0) is 67.8 Å². The molecule has 0 amide bonds. The summed E-state index contributed by atoms with van der Waals surface area (Å²) in [5.74, 6) is 1.42. The predicted octanol–water partition coefficient (Wildman–Crippen LogP) is 3.70. The monoisotopic (exact) mass is 387 g/mol. The van der Waals surface area contributed by atoms with Crippen molar-refractivity contribution in [2.75, 3.05) is 12.3 Å². The molecule has 0 bridgehead atoms. The van der Waals surface area contributed by atoms with Crippen LogP contribution in [0, 0.1) is 5.41 Å². The number of rotatable bonds is 6. The molecule has 29 heavy (non-hydrogen) atoms. The van der Waals surface area contributed by atoms with Crippen molar-refractivity contribution in [1.82, 2.24) is 10.3 Å². The van der Waals surface area contributed by atoms with E-state index in [1.54, 1.807) is 0 Å². The Balaban J connectivity index is 1.61. The van der Waals surface area contributed by atoms with Crippen LogP contribution in [-0.4, -0.2) is 23.4 Å². The topological polar surface area (TPSA) is 110 Å². The number of benzene rings is 2. The summed E-state index contributed by atoms with van der Waals surface area (Å²) in [5, 5.41) is 11.5. The number of nitrogens with one attached hydrogen (secondary N) is 2. The van der Waals surface area contributed by atoms with E-state index >= 15 is 0 Å². The molecule has 1 unspecified atom stereocenters. The summed E-state index contributed by atoms with van der Waals surface area (Å²) < 4.78 is 5.85. The maximum Gasteiger partial charge on any atom is 0.127 e. The predicted molar refractivity (Wildman–Crippen MR) is 116 cm³/mol. The number of pyridine rings is 1. The molecule has 1 aromatic heterocycles. The summed E-state index contributed by atoms with van der Waals surface area (Å²) in [4.78, 5) is 4.62. The molecule has 2 aromatic carbocycles. The molecular formula is C23H25N5O. The van der Waals surface area contributed by atoms with Crippen LogP contribution in [-0.2, 0) is 6.42 Å². The van der Waals surface area contributed by atoms with Gasteiger partial charge >= 0.3 is 0 Å². The number of hydrogen-bond donors (Lipinski definition) is 4. The lowest BCUT2D eigenvalue weighted by Crippen LogP contribution is -2.25. The molecule has 1 aliphatic rings. The zero-order valence-electron chi connectivity index (χ0n) is 16.2. The lowest BCUT2D eigenvalue weighted by atomic mass is 9.97. The molecule has 4 rings (SSSR count). The van der Waals surface area contributed by atoms with Crippen molar-refractivity contribution in [3.63, 3.8) is 0 Å². The molecule has 0 aliphatic carbocycles. The van der Waals surface area contributed by atoms with Crippen LogP contribution >= 0.6 is 0 Å². The summed E-state index contributed by atoms with van der Waals surface area (Å²) in [5.41, 5.74) is 15.7. The lowest BCUT2D eigenvalue weighted by Gasteiger charge is -2.17. The number of nitrogens with zero attached hydrogens (tertiary/aromatic N) is 1. The summed E-state index contributed by atoms with van der Waals surface area (Å²) in [6.07, 6.45) is 4.90. The Morgan fingerprint density at radius 3 is 2.48 bits per heavy atom. The van der Waals surface area contributed by atoms with Crippen LogP contribution in [0.15, 0.2) is 60.8 Å². The Bertz CT molecular complexity index is 996. The van der Waals surface area contributed by atoms with Gasteiger partial charge < -0.3 is 21.5 Å². The first-order valence-corrected chi connectivity index (χ1v) is 9.80. The lowest BCUT2D eigenvalue weighted by molar-refractivity contribution is 0.483. The van der Waals surface area contributed by atoms with E-state index in [1.165, 1.54) is 6.42 Å². The summed E-state index contributed by atoms with van der Waals surface area (Å²) in [7, 11) is 0.